The van der Waals surface area contributed by atoms with Crippen molar-refractivity contribution in [3.63, 3.8) is 0 Å². The van der Waals surface area contributed by atoms with Crippen LogP contribution < -0.4 is 20.5 Å². The van der Waals surface area contributed by atoms with E-state index >= 15 is 0 Å². The predicted molar refractivity (Wildman–Crippen MR) is 90.9 cm³/mol. The van der Waals surface area contributed by atoms with E-state index in [2.05, 4.69) is 10.0 Å². The molecule has 1 aliphatic rings. The Labute approximate surface area is 144 Å². The Bertz CT molecular complexity index is 971. The van der Waals surface area contributed by atoms with Crippen molar-refractivity contribution >= 4 is 33.2 Å². The van der Waals surface area contributed by atoms with Crippen LogP contribution in [0.3, 0.4) is 0 Å². The Morgan fingerprint density at radius 1 is 1.24 bits per heavy atom. The molecule has 1 aliphatic heterocycles. The number of fused-ring (bicyclic) bond motifs is 1. The normalized spacial score (nSPS) is 16.4. The maximum Gasteiger partial charge on any atom is 0.265 e. The summed E-state index contributed by atoms with van der Waals surface area (Å²) in [5, 5.41) is 2.59. The third kappa shape index (κ3) is 3.26. The van der Waals surface area contributed by atoms with Gasteiger partial charge in [0, 0.05) is 0 Å². The van der Waals surface area contributed by atoms with Crippen LogP contribution in [0.15, 0.2) is 47.4 Å². The molecule has 0 fully saturated rings. The maximum absolute atomic E-state index is 12.6. The van der Waals surface area contributed by atoms with Gasteiger partial charge in [0.2, 0.25) is 0 Å². The molecule has 2 aromatic rings. The molecule has 0 saturated carbocycles. The summed E-state index contributed by atoms with van der Waals surface area (Å²) < 4.78 is 32.9. The van der Waals surface area contributed by atoms with Crippen LogP contribution in [0.25, 0.3) is 0 Å². The van der Waals surface area contributed by atoms with E-state index in [0.717, 1.165) is 0 Å². The first kappa shape index (κ1) is 16.8. The van der Waals surface area contributed by atoms with E-state index in [4.69, 9.17) is 10.5 Å². The lowest BCUT2D eigenvalue weighted by atomic mass is 10.2. The molecule has 25 heavy (non-hydrogen) atoms. The van der Waals surface area contributed by atoms with Crippen LogP contribution in [0.2, 0.25) is 0 Å². The number of nitrogens with two attached hydrogens (primary N) is 1. The number of para-hydroxylation sites is 1. The number of sulfonamides is 1. The Hall–Kier alpha value is -3.07. The lowest BCUT2D eigenvalue weighted by Crippen LogP contribution is -2.34. The van der Waals surface area contributed by atoms with Gasteiger partial charge in [0.05, 0.1) is 21.8 Å². The first-order valence-electron chi connectivity index (χ1n) is 7.31. The van der Waals surface area contributed by atoms with Gasteiger partial charge in [-0.1, -0.05) is 12.1 Å². The van der Waals surface area contributed by atoms with Crippen LogP contribution in [0.1, 0.15) is 17.3 Å². The lowest BCUT2D eigenvalue weighted by molar-refractivity contribution is -0.122. The van der Waals surface area contributed by atoms with Gasteiger partial charge in [-0.05, 0) is 37.3 Å². The van der Waals surface area contributed by atoms with Crippen LogP contribution in [0.4, 0.5) is 11.4 Å². The molecule has 0 aromatic heterocycles. The number of benzene rings is 2. The summed E-state index contributed by atoms with van der Waals surface area (Å²) in [5.74, 6) is -0.740. The fourth-order valence-corrected chi connectivity index (χ4v) is 3.45. The van der Waals surface area contributed by atoms with E-state index in [-0.39, 0.29) is 27.7 Å². The molecule has 2 aromatic carbocycles. The smallest absolute Gasteiger partial charge is 0.265 e. The summed E-state index contributed by atoms with van der Waals surface area (Å²) in [6, 6.07) is 10.1. The molecular weight excluding hydrogens is 346 g/mol. The number of carbonyl (C=O) groups excluding carboxylic acids is 2. The van der Waals surface area contributed by atoms with E-state index in [1.165, 1.54) is 30.3 Å². The van der Waals surface area contributed by atoms with Crippen molar-refractivity contribution in [1.29, 1.82) is 0 Å². The highest BCUT2D eigenvalue weighted by Crippen LogP contribution is 2.32. The Morgan fingerprint density at radius 3 is 2.68 bits per heavy atom. The third-order valence-electron chi connectivity index (χ3n) is 3.63. The van der Waals surface area contributed by atoms with Gasteiger partial charge < -0.3 is 15.8 Å². The average Bonchev–Trinajstić information content (AvgIpc) is 2.55. The highest BCUT2D eigenvalue weighted by atomic mass is 32.2. The Morgan fingerprint density at radius 2 is 1.96 bits per heavy atom. The molecule has 1 heterocycles. The molecule has 8 nitrogen and oxygen atoms in total. The summed E-state index contributed by atoms with van der Waals surface area (Å²) in [4.78, 5) is 23.0. The topological polar surface area (TPSA) is 128 Å². The summed E-state index contributed by atoms with van der Waals surface area (Å²) >= 11 is 0. The van der Waals surface area contributed by atoms with Gasteiger partial charge in [-0.2, -0.15) is 0 Å². The van der Waals surface area contributed by atoms with Crippen LogP contribution >= 0.6 is 0 Å². The minimum Gasteiger partial charge on any atom is -0.479 e. The first-order chi connectivity index (χ1) is 11.8. The monoisotopic (exact) mass is 361 g/mol. The third-order valence-corrected chi connectivity index (χ3v) is 4.99. The second kappa shape index (κ2) is 6.10. The minimum absolute atomic E-state index is 0.0505. The number of anilines is 2. The molecule has 0 saturated heterocycles. The van der Waals surface area contributed by atoms with Gasteiger partial charge in [-0.15, -0.1) is 0 Å². The molecule has 2 amide bonds. The molecule has 0 radical (unpaired) electrons. The summed E-state index contributed by atoms with van der Waals surface area (Å²) in [5.41, 5.74) is 5.63. The number of hydrogen-bond acceptors (Lipinski definition) is 5. The number of carbonyl (C=O) groups is 2. The average molecular weight is 361 g/mol. The van der Waals surface area contributed by atoms with E-state index in [9.17, 15) is 18.0 Å². The fourth-order valence-electron chi connectivity index (χ4n) is 2.35. The van der Waals surface area contributed by atoms with Crippen LogP contribution in [-0.2, 0) is 14.8 Å². The van der Waals surface area contributed by atoms with Crippen molar-refractivity contribution in [1.82, 2.24) is 0 Å². The standard InChI is InChI=1S/C16H15N3O5S/c1-9-16(21)18-13-8-10(6-7-14(13)24-9)25(22,23)19-12-5-3-2-4-11(12)15(17)20/h2-9,19H,1H3,(H2,17,20)(H,18,21). The van der Waals surface area contributed by atoms with Crippen LogP contribution in [0.5, 0.6) is 5.75 Å². The molecule has 4 N–H and O–H groups in total. The molecule has 9 heteroatoms. The predicted octanol–water partition coefficient (Wildman–Crippen LogP) is 1.31. The van der Waals surface area contributed by atoms with Gasteiger partial charge in [-0.3, -0.25) is 14.3 Å². The number of primary amides is 1. The zero-order valence-corrected chi connectivity index (χ0v) is 14.0. The summed E-state index contributed by atoms with van der Waals surface area (Å²) in [6.07, 6.45) is -0.657. The zero-order valence-electron chi connectivity index (χ0n) is 13.1. The summed E-state index contributed by atoms with van der Waals surface area (Å²) in [7, 11) is -4.00. The van der Waals surface area contributed by atoms with Gasteiger partial charge >= 0.3 is 0 Å². The molecular formula is C16H15N3O5S. The van der Waals surface area contributed by atoms with Crippen molar-refractivity contribution in [3.8, 4) is 5.75 Å². The lowest BCUT2D eigenvalue weighted by Gasteiger charge is -2.23. The van der Waals surface area contributed by atoms with Gasteiger partial charge in [0.25, 0.3) is 21.8 Å². The van der Waals surface area contributed by atoms with E-state index < -0.39 is 22.0 Å². The van der Waals surface area contributed by atoms with E-state index in [0.29, 0.717) is 5.75 Å². The molecule has 1 atom stereocenters. The fraction of sp³-hybridized carbons (Fsp3) is 0.125. The molecule has 1 unspecified atom stereocenters. The molecule has 0 bridgehead atoms. The van der Waals surface area contributed by atoms with E-state index in [1.54, 1.807) is 19.1 Å². The Balaban J connectivity index is 1.95. The molecule has 0 aliphatic carbocycles. The number of ether oxygens (including phenoxy) is 1. The largest absolute Gasteiger partial charge is 0.479 e. The van der Waals surface area contributed by atoms with Gasteiger partial charge in [0.1, 0.15) is 5.75 Å². The first-order valence-corrected chi connectivity index (χ1v) is 8.79. The van der Waals surface area contributed by atoms with Crippen molar-refractivity contribution in [2.45, 2.75) is 17.9 Å². The van der Waals surface area contributed by atoms with Gasteiger partial charge in [0.15, 0.2) is 6.10 Å². The number of rotatable bonds is 4. The van der Waals surface area contributed by atoms with E-state index in [1.807, 2.05) is 0 Å². The highest BCUT2D eigenvalue weighted by molar-refractivity contribution is 7.92. The number of nitrogens with one attached hydrogen (secondary N) is 2. The SMILES string of the molecule is CC1Oc2ccc(S(=O)(=O)Nc3ccccc3C(N)=O)cc2NC1=O. The molecule has 130 valence electrons. The van der Waals surface area contributed by atoms with Gasteiger partial charge in [-0.25, -0.2) is 8.42 Å². The second-order valence-corrected chi connectivity index (χ2v) is 7.11. The zero-order chi connectivity index (χ0) is 18.2. The number of amides is 2. The van der Waals surface area contributed by atoms with Crippen LogP contribution in [-0.4, -0.2) is 26.3 Å². The molecule has 3 rings (SSSR count). The summed E-state index contributed by atoms with van der Waals surface area (Å²) in [6.45, 7) is 1.59. The Kier molecular flexibility index (Phi) is 4.09. The van der Waals surface area contributed by atoms with Crippen LogP contribution in [0, 0.1) is 0 Å². The number of hydrogen-bond donors (Lipinski definition) is 3. The van der Waals surface area contributed by atoms with Crippen molar-refractivity contribution in [3.05, 3.63) is 48.0 Å². The maximum atomic E-state index is 12.6. The van der Waals surface area contributed by atoms with Crippen molar-refractivity contribution in [2.75, 3.05) is 10.0 Å². The quantitative estimate of drug-likeness (QED) is 0.756. The minimum atomic E-state index is -4.00. The highest BCUT2D eigenvalue weighted by Gasteiger charge is 2.26. The molecule has 0 spiro atoms. The van der Waals surface area contributed by atoms with Crippen molar-refractivity contribution < 1.29 is 22.7 Å². The second-order valence-electron chi connectivity index (χ2n) is 5.42. The van der Waals surface area contributed by atoms with Crippen molar-refractivity contribution in [2.24, 2.45) is 5.73 Å².